The number of hydrogen-bond acceptors (Lipinski definition) is 3. The van der Waals surface area contributed by atoms with Crippen molar-refractivity contribution in [3.05, 3.63) is 98.8 Å². The van der Waals surface area contributed by atoms with Gasteiger partial charge in [-0.25, -0.2) is 4.39 Å². The Morgan fingerprint density at radius 3 is 2.54 bits per heavy atom. The fourth-order valence-corrected chi connectivity index (χ4v) is 4.73. The summed E-state index contributed by atoms with van der Waals surface area (Å²) in [4.78, 5) is 25.7. The first-order valence-corrected chi connectivity index (χ1v) is 11.8. The lowest BCUT2D eigenvalue weighted by atomic mass is 9.91. The first-order valence-electron chi connectivity index (χ1n) is 11.1. The van der Waals surface area contributed by atoms with E-state index >= 15 is 0 Å². The van der Waals surface area contributed by atoms with E-state index in [1.54, 1.807) is 30.3 Å². The number of carboxylic acid groups (broad SMARTS) is 1. The van der Waals surface area contributed by atoms with Crippen LogP contribution in [0.25, 0.3) is 0 Å². The van der Waals surface area contributed by atoms with Crippen LogP contribution in [0.1, 0.15) is 29.2 Å². The van der Waals surface area contributed by atoms with E-state index in [2.05, 4.69) is 0 Å². The average molecular weight is 516 g/mol. The van der Waals surface area contributed by atoms with Crippen molar-refractivity contribution in [1.29, 1.82) is 0 Å². The molecular formula is C27H24Cl2FNO4. The SMILES string of the molecule is C[C@@]1(Cc2ccc(Cl)c(F)c2)Cc2cc(CC(=O)N(CC(=O)O)Cc3cccc(Cl)c3)ccc2O1. The van der Waals surface area contributed by atoms with E-state index in [1.807, 2.05) is 25.1 Å². The van der Waals surface area contributed by atoms with Gasteiger partial charge in [0.05, 0.1) is 11.4 Å². The van der Waals surface area contributed by atoms with Crippen LogP contribution in [-0.2, 0) is 35.4 Å². The third-order valence-corrected chi connectivity index (χ3v) is 6.45. The fraction of sp³-hybridized carbons (Fsp3) is 0.259. The number of benzene rings is 3. The van der Waals surface area contributed by atoms with E-state index in [0.29, 0.717) is 17.9 Å². The van der Waals surface area contributed by atoms with Crippen LogP contribution in [0, 0.1) is 5.82 Å². The van der Waals surface area contributed by atoms with Crippen molar-refractivity contribution in [2.24, 2.45) is 0 Å². The lowest BCUT2D eigenvalue weighted by Gasteiger charge is -2.24. The Morgan fingerprint density at radius 1 is 1.06 bits per heavy atom. The molecule has 1 amide bonds. The van der Waals surface area contributed by atoms with Crippen LogP contribution in [0.3, 0.4) is 0 Å². The Labute approximate surface area is 213 Å². The van der Waals surface area contributed by atoms with Gasteiger partial charge in [0.2, 0.25) is 5.91 Å². The molecule has 3 aromatic carbocycles. The van der Waals surface area contributed by atoms with Crippen LogP contribution < -0.4 is 4.74 Å². The maximum atomic E-state index is 13.9. The summed E-state index contributed by atoms with van der Waals surface area (Å²) >= 11 is 11.8. The van der Waals surface area contributed by atoms with Gasteiger partial charge in [0.1, 0.15) is 23.7 Å². The van der Waals surface area contributed by atoms with Crippen molar-refractivity contribution in [1.82, 2.24) is 4.90 Å². The molecule has 182 valence electrons. The van der Waals surface area contributed by atoms with E-state index in [1.165, 1.54) is 17.0 Å². The maximum Gasteiger partial charge on any atom is 0.323 e. The predicted molar refractivity (Wildman–Crippen MR) is 133 cm³/mol. The van der Waals surface area contributed by atoms with Crippen molar-refractivity contribution in [2.45, 2.75) is 38.3 Å². The van der Waals surface area contributed by atoms with Crippen LogP contribution >= 0.6 is 23.2 Å². The molecule has 0 saturated carbocycles. The van der Waals surface area contributed by atoms with Gasteiger partial charge in [-0.2, -0.15) is 0 Å². The minimum atomic E-state index is -1.09. The minimum absolute atomic E-state index is 0.0558. The third-order valence-electron chi connectivity index (χ3n) is 5.90. The molecule has 4 rings (SSSR count). The van der Waals surface area contributed by atoms with Crippen LogP contribution in [-0.4, -0.2) is 34.0 Å². The smallest absolute Gasteiger partial charge is 0.323 e. The number of rotatable bonds is 8. The van der Waals surface area contributed by atoms with Crippen molar-refractivity contribution >= 4 is 35.1 Å². The molecule has 0 fully saturated rings. The summed E-state index contributed by atoms with van der Waals surface area (Å²) in [5, 5.41) is 9.90. The van der Waals surface area contributed by atoms with E-state index in [4.69, 9.17) is 27.9 Å². The Hall–Kier alpha value is -3.09. The number of nitrogens with zero attached hydrogens (tertiary/aromatic N) is 1. The highest BCUT2D eigenvalue weighted by Crippen LogP contribution is 2.38. The molecule has 1 aliphatic rings. The number of halogens is 3. The Bertz CT molecular complexity index is 1280. The number of carboxylic acids is 1. The second kappa shape index (κ2) is 10.3. The lowest BCUT2D eigenvalue weighted by Crippen LogP contribution is -2.36. The van der Waals surface area contributed by atoms with Gasteiger partial charge in [-0.3, -0.25) is 9.59 Å². The number of aliphatic carboxylic acids is 1. The molecule has 1 N–H and O–H groups in total. The number of fused-ring (bicyclic) bond motifs is 1. The van der Waals surface area contributed by atoms with Gasteiger partial charge in [-0.1, -0.05) is 53.5 Å². The van der Waals surface area contributed by atoms with E-state index in [0.717, 1.165) is 28.0 Å². The molecule has 5 nitrogen and oxygen atoms in total. The highest BCUT2D eigenvalue weighted by Gasteiger charge is 2.35. The fourth-order valence-electron chi connectivity index (χ4n) is 4.40. The number of ether oxygens (including phenoxy) is 1. The predicted octanol–water partition coefficient (Wildman–Crippen LogP) is 5.72. The number of amides is 1. The summed E-state index contributed by atoms with van der Waals surface area (Å²) in [7, 11) is 0. The number of carbonyl (C=O) groups excluding carboxylic acids is 1. The average Bonchev–Trinajstić information content (AvgIpc) is 3.10. The second-order valence-corrected chi connectivity index (χ2v) is 9.89. The van der Waals surface area contributed by atoms with E-state index in [-0.39, 0.29) is 23.9 Å². The Morgan fingerprint density at radius 2 is 1.83 bits per heavy atom. The largest absolute Gasteiger partial charge is 0.487 e. The Balaban J connectivity index is 1.46. The third kappa shape index (κ3) is 6.32. The molecule has 8 heteroatoms. The standard InChI is InChI=1S/C27H24Cl2FNO4/c1-27(13-18-5-7-22(29)23(30)11-18)14-20-9-17(6-8-24(20)35-27)12-25(32)31(16-26(33)34)15-19-3-2-4-21(28)10-19/h2-11H,12-16H2,1H3,(H,33,34)/t27-/m1/s1. The summed E-state index contributed by atoms with van der Waals surface area (Å²) in [5.41, 5.74) is 2.69. The molecule has 0 aliphatic carbocycles. The summed E-state index contributed by atoms with van der Waals surface area (Å²) < 4.78 is 20.0. The molecule has 0 saturated heterocycles. The Kier molecular flexibility index (Phi) is 7.33. The molecule has 0 radical (unpaired) electrons. The normalized spacial score (nSPS) is 16.5. The zero-order chi connectivity index (χ0) is 25.2. The molecule has 35 heavy (non-hydrogen) atoms. The van der Waals surface area contributed by atoms with Gasteiger partial charge in [0.25, 0.3) is 0 Å². The number of carbonyl (C=O) groups is 2. The minimum Gasteiger partial charge on any atom is -0.487 e. The zero-order valence-electron chi connectivity index (χ0n) is 19.1. The van der Waals surface area contributed by atoms with E-state index < -0.39 is 23.9 Å². The number of hydrogen-bond donors (Lipinski definition) is 1. The molecule has 1 aliphatic heterocycles. The van der Waals surface area contributed by atoms with Gasteiger partial charge in [0.15, 0.2) is 0 Å². The summed E-state index contributed by atoms with van der Waals surface area (Å²) in [5.74, 6) is -1.13. The first-order chi connectivity index (χ1) is 16.6. The van der Waals surface area contributed by atoms with Crippen molar-refractivity contribution in [3.8, 4) is 5.75 Å². The quantitative estimate of drug-likeness (QED) is 0.416. The summed E-state index contributed by atoms with van der Waals surface area (Å²) in [6.45, 7) is 1.70. The first kappa shape index (κ1) is 25.0. The van der Waals surface area contributed by atoms with Crippen LogP contribution in [0.4, 0.5) is 4.39 Å². The molecule has 0 spiro atoms. The van der Waals surface area contributed by atoms with Crippen LogP contribution in [0.2, 0.25) is 10.0 Å². The molecule has 1 atom stereocenters. The van der Waals surface area contributed by atoms with Crippen molar-refractivity contribution in [2.75, 3.05) is 6.54 Å². The van der Waals surface area contributed by atoms with Gasteiger partial charge >= 0.3 is 5.97 Å². The van der Waals surface area contributed by atoms with Crippen molar-refractivity contribution < 1.29 is 23.8 Å². The van der Waals surface area contributed by atoms with Crippen LogP contribution in [0.15, 0.2) is 60.7 Å². The van der Waals surface area contributed by atoms with E-state index in [9.17, 15) is 19.1 Å². The van der Waals surface area contributed by atoms with Gasteiger partial charge in [-0.05, 0) is 59.5 Å². The zero-order valence-corrected chi connectivity index (χ0v) is 20.6. The maximum absolute atomic E-state index is 13.9. The second-order valence-electron chi connectivity index (χ2n) is 9.05. The van der Waals surface area contributed by atoms with Crippen LogP contribution in [0.5, 0.6) is 5.75 Å². The molecule has 0 aromatic heterocycles. The van der Waals surface area contributed by atoms with Gasteiger partial charge < -0.3 is 14.7 Å². The van der Waals surface area contributed by atoms with Gasteiger partial charge in [0, 0.05) is 24.4 Å². The highest BCUT2D eigenvalue weighted by atomic mass is 35.5. The summed E-state index contributed by atoms with van der Waals surface area (Å²) in [6, 6.07) is 17.3. The topological polar surface area (TPSA) is 66.8 Å². The molecule has 0 bridgehead atoms. The lowest BCUT2D eigenvalue weighted by molar-refractivity contribution is -0.144. The van der Waals surface area contributed by atoms with Crippen molar-refractivity contribution in [3.63, 3.8) is 0 Å². The van der Waals surface area contributed by atoms with Gasteiger partial charge in [-0.15, -0.1) is 0 Å². The summed E-state index contributed by atoms with van der Waals surface area (Å²) in [6.07, 6.45) is 1.15. The highest BCUT2D eigenvalue weighted by molar-refractivity contribution is 6.31. The monoisotopic (exact) mass is 515 g/mol. The molecule has 0 unspecified atom stereocenters. The molecule has 3 aromatic rings. The molecular weight excluding hydrogens is 492 g/mol. The molecule has 1 heterocycles.